The molecule has 7 heteroatoms. The lowest BCUT2D eigenvalue weighted by atomic mass is 9.75. The van der Waals surface area contributed by atoms with Crippen molar-refractivity contribution in [1.82, 2.24) is 4.98 Å². The lowest BCUT2D eigenvalue weighted by molar-refractivity contribution is -0.139. The molecule has 1 aliphatic carbocycles. The van der Waals surface area contributed by atoms with Gasteiger partial charge in [-0.15, -0.1) is 0 Å². The van der Waals surface area contributed by atoms with Gasteiger partial charge in [-0.2, -0.15) is 0 Å². The summed E-state index contributed by atoms with van der Waals surface area (Å²) in [6, 6.07) is 19.3. The van der Waals surface area contributed by atoms with Crippen molar-refractivity contribution in [2.75, 3.05) is 18.1 Å². The molecule has 1 heterocycles. The van der Waals surface area contributed by atoms with E-state index >= 15 is 0 Å². The van der Waals surface area contributed by atoms with Crippen molar-refractivity contribution < 1.29 is 19.4 Å². The van der Waals surface area contributed by atoms with E-state index in [1.807, 2.05) is 54.6 Å². The first kappa shape index (κ1) is 22.3. The number of aromatic nitrogens is 1. The van der Waals surface area contributed by atoms with Crippen LogP contribution in [-0.4, -0.2) is 35.1 Å². The van der Waals surface area contributed by atoms with Gasteiger partial charge in [0.2, 0.25) is 5.91 Å². The first-order valence-corrected chi connectivity index (χ1v) is 11.0. The normalized spacial score (nSPS) is 15.8. The minimum Gasteiger partial charge on any atom is -0.482 e. The van der Waals surface area contributed by atoms with E-state index in [9.17, 15) is 9.59 Å². The van der Waals surface area contributed by atoms with E-state index in [1.165, 1.54) is 0 Å². The Hall–Kier alpha value is -3.87. The number of amides is 1. The number of nitrogens with two attached hydrogens (primary N) is 1. The van der Waals surface area contributed by atoms with Crippen LogP contribution in [0.4, 0.5) is 11.4 Å². The summed E-state index contributed by atoms with van der Waals surface area (Å²) in [5.74, 6) is -1.38. The third-order valence-corrected chi connectivity index (χ3v) is 6.12. The molecule has 0 bridgehead atoms. The minimum absolute atomic E-state index is 0.0949. The Morgan fingerprint density at radius 2 is 1.88 bits per heavy atom. The summed E-state index contributed by atoms with van der Waals surface area (Å²) in [6.45, 7) is -0.00147. The van der Waals surface area contributed by atoms with Crippen LogP contribution >= 0.6 is 0 Å². The highest BCUT2D eigenvalue weighted by Gasteiger charge is 2.34. The van der Waals surface area contributed by atoms with Crippen LogP contribution in [0.5, 0.6) is 5.75 Å². The zero-order valence-corrected chi connectivity index (χ0v) is 18.3. The Bertz CT molecular complexity index is 1070. The van der Waals surface area contributed by atoms with Crippen molar-refractivity contribution in [3.63, 3.8) is 0 Å². The fourth-order valence-electron chi connectivity index (χ4n) is 4.64. The van der Waals surface area contributed by atoms with E-state index in [-0.39, 0.29) is 11.8 Å². The molecule has 0 saturated carbocycles. The molecule has 0 saturated heterocycles. The number of aliphatic carboxylic acids is 1. The number of para-hydroxylation sites is 1. The summed E-state index contributed by atoms with van der Waals surface area (Å²) in [7, 11) is 0. The number of ether oxygens (including phenoxy) is 1. The van der Waals surface area contributed by atoms with Gasteiger partial charge in [-0.05, 0) is 66.6 Å². The summed E-state index contributed by atoms with van der Waals surface area (Å²) in [5.41, 5.74) is 9.78. The van der Waals surface area contributed by atoms with Gasteiger partial charge in [-0.25, -0.2) is 4.79 Å². The lowest BCUT2D eigenvalue weighted by Crippen LogP contribution is -2.39. The number of benzene rings is 2. The molecular formula is C26H27N3O4. The molecule has 0 radical (unpaired) electrons. The zero-order chi connectivity index (χ0) is 23.2. The fraction of sp³-hybridized carbons (Fsp3) is 0.269. The van der Waals surface area contributed by atoms with E-state index in [0.29, 0.717) is 12.3 Å². The van der Waals surface area contributed by atoms with Gasteiger partial charge in [-0.3, -0.25) is 9.78 Å². The molecule has 7 nitrogen and oxygen atoms in total. The minimum atomic E-state index is -1.02. The SMILES string of the molecule is NC(=O)C(CN(c1ccccc1)c1cccnc1)C1CCCc2c(OCC(=O)O)cccc21. The standard InChI is InChI=1S/C26H27N3O4/c27-26(32)23(16-29(18-7-2-1-3-8-18)19-9-6-14-28-15-19)21-10-4-12-22-20(21)11-5-13-24(22)33-17-25(30)31/h1-3,5-9,11,13-15,21,23H,4,10,12,16-17H2,(H2,27,32)(H,30,31). The predicted octanol–water partition coefficient (Wildman–Crippen LogP) is 3.90. The Balaban J connectivity index is 1.69. The molecule has 1 aliphatic rings. The molecule has 170 valence electrons. The third kappa shape index (κ3) is 5.14. The number of carbonyl (C=O) groups is 2. The number of hydrogen-bond acceptors (Lipinski definition) is 5. The molecule has 1 amide bonds. The molecule has 0 fully saturated rings. The molecule has 3 aromatic rings. The van der Waals surface area contributed by atoms with E-state index in [4.69, 9.17) is 15.6 Å². The molecule has 0 spiro atoms. The van der Waals surface area contributed by atoms with Crippen molar-refractivity contribution in [2.24, 2.45) is 11.7 Å². The van der Waals surface area contributed by atoms with Crippen LogP contribution < -0.4 is 15.4 Å². The number of hydrogen-bond donors (Lipinski definition) is 2. The number of rotatable bonds is 9. The third-order valence-electron chi connectivity index (χ3n) is 6.12. The van der Waals surface area contributed by atoms with Gasteiger partial charge in [0, 0.05) is 18.4 Å². The van der Waals surface area contributed by atoms with E-state index in [1.54, 1.807) is 18.5 Å². The second-order valence-corrected chi connectivity index (χ2v) is 8.17. The first-order valence-electron chi connectivity index (χ1n) is 11.0. The number of carbonyl (C=O) groups excluding carboxylic acids is 1. The number of carboxylic acid groups (broad SMARTS) is 1. The molecule has 2 atom stereocenters. The highest BCUT2D eigenvalue weighted by atomic mass is 16.5. The number of fused-ring (bicyclic) bond motifs is 1. The fourth-order valence-corrected chi connectivity index (χ4v) is 4.64. The van der Waals surface area contributed by atoms with Gasteiger partial charge < -0.3 is 20.5 Å². The number of anilines is 2. The molecule has 33 heavy (non-hydrogen) atoms. The van der Waals surface area contributed by atoms with Crippen LogP contribution in [-0.2, 0) is 16.0 Å². The molecule has 0 aliphatic heterocycles. The molecule has 4 rings (SSSR count). The van der Waals surface area contributed by atoms with Gasteiger partial charge >= 0.3 is 5.97 Å². The maximum atomic E-state index is 12.8. The van der Waals surface area contributed by atoms with E-state index in [0.717, 1.165) is 41.8 Å². The number of pyridine rings is 1. The molecular weight excluding hydrogens is 418 g/mol. The van der Waals surface area contributed by atoms with E-state index in [2.05, 4.69) is 9.88 Å². The monoisotopic (exact) mass is 445 g/mol. The second-order valence-electron chi connectivity index (χ2n) is 8.17. The quantitative estimate of drug-likeness (QED) is 0.517. The zero-order valence-electron chi connectivity index (χ0n) is 18.3. The molecule has 2 unspecified atom stereocenters. The maximum Gasteiger partial charge on any atom is 0.341 e. The lowest BCUT2D eigenvalue weighted by Gasteiger charge is -2.35. The average Bonchev–Trinajstić information content (AvgIpc) is 2.84. The summed E-state index contributed by atoms with van der Waals surface area (Å²) >= 11 is 0. The highest BCUT2D eigenvalue weighted by Crippen LogP contribution is 2.42. The summed E-state index contributed by atoms with van der Waals surface area (Å²) in [5, 5.41) is 9.01. The summed E-state index contributed by atoms with van der Waals surface area (Å²) in [4.78, 5) is 30.1. The van der Waals surface area contributed by atoms with Crippen LogP contribution in [0.3, 0.4) is 0 Å². The summed E-state index contributed by atoms with van der Waals surface area (Å²) in [6.07, 6.45) is 5.95. The Kier molecular flexibility index (Phi) is 6.88. The van der Waals surface area contributed by atoms with Crippen LogP contribution in [0.2, 0.25) is 0 Å². The Morgan fingerprint density at radius 1 is 1.09 bits per heavy atom. The maximum absolute atomic E-state index is 12.8. The van der Waals surface area contributed by atoms with Crippen LogP contribution in [0.1, 0.15) is 29.9 Å². The highest BCUT2D eigenvalue weighted by molar-refractivity contribution is 5.80. The number of nitrogens with zero attached hydrogens (tertiary/aromatic N) is 2. The van der Waals surface area contributed by atoms with Gasteiger partial charge in [0.1, 0.15) is 5.75 Å². The number of primary amides is 1. The largest absolute Gasteiger partial charge is 0.482 e. The van der Waals surface area contributed by atoms with Crippen molar-refractivity contribution in [3.8, 4) is 5.75 Å². The molecule has 3 N–H and O–H groups in total. The van der Waals surface area contributed by atoms with Crippen molar-refractivity contribution in [3.05, 3.63) is 84.2 Å². The smallest absolute Gasteiger partial charge is 0.341 e. The van der Waals surface area contributed by atoms with Gasteiger partial charge in [0.05, 0.1) is 17.8 Å². The van der Waals surface area contributed by atoms with Crippen LogP contribution in [0.15, 0.2) is 73.1 Å². The molecule has 2 aromatic carbocycles. The topological polar surface area (TPSA) is 106 Å². The Morgan fingerprint density at radius 3 is 2.58 bits per heavy atom. The van der Waals surface area contributed by atoms with Crippen LogP contribution in [0, 0.1) is 5.92 Å². The van der Waals surface area contributed by atoms with Crippen molar-refractivity contribution in [1.29, 1.82) is 0 Å². The van der Waals surface area contributed by atoms with Crippen LogP contribution in [0.25, 0.3) is 0 Å². The molecule has 1 aromatic heterocycles. The summed E-state index contributed by atoms with van der Waals surface area (Å²) < 4.78 is 5.54. The predicted molar refractivity (Wildman–Crippen MR) is 126 cm³/mol. The second kappa shape index (κ2) is 10.2. The van der Waals surface area contributed by atoms with E-state index < -0.39 is 18.5 Å². The van der Waals surface area contributed by atoms with Gasteiger partial charge in [0.25, 0.3) is 0 Å². The first-order chi connectivity index (χ1) is 16.0. The number of carboxylic acids is 1. The Labute approximate surface area is 192 Å². The van der Waals surface area contributed by atoms with Gasteiger partial charge in [-0.1, -0.05) is 30.3 Å². The van der Waals surface area contributed by atoms with Crippen molar-refractivity contribution >= 4 is 23.3 Å². The average molecular weight is 446 g/mol. The van der Waals surface area contributed by atoms with Gasteiger partial charge in [0.15, 0.2) is 6.61 Å². The van der Waals surface area contributed by atoms with Crippen molar-refractivity contribution in [2.45, 2.75) is 25.2 Å².